The van der Waals surface area contributed by atoms with Crippen molar-refractivity contribution in [1.29, 1.82) is 0 Å². The summed E-state index contributed by atoms with van der Waals surface area (Å²) in [4.78, 5) is 49.6. The lowest BCUT2D eigenvalue weighted by Crippen LogP contribution is -2.48. The Balaban J connectivity index is 1.47. The fraction of sp³-hybridized carbons (Fsp3) is 0.583. The predicted octanol–water partition coefficient (Wildman–Crippen LogP) is 2.14. The molecule has 1 aromatic rings. The molecule has 0 bridgehead atoms. The van der Waals surface area contributed by atoms with Gasteiger partial charge >= 0.3 is 0 Å². The number of rotatable bonds is 6. The van der Waals surface area contributed by atoms with Gasteiger partial charge in [0.05, 0.1) is 23.7 Å². The molecule has 3 heterocycles. The summed E-state index contributed by atoms with van der Waals surface area (Å²) < 4.78 is 0. The van der Waals surface area contributed by atoms with E-state index in [0.717, 1.165) is 32.0 Å². The second-order valence-electron chi connectivity index (χ2n) is 9.53. The van der Waals surface area contributed by atoms with Crippen LogP contribution in [0.5, 0.6) is 0 Å². The van der Waals surface area contributed by atoms with Gasteiger partial charge in [-0.2, -0.15) is 0 Å². The van der Waals surface area contributed by atoms with Crippen LogP contribution >= 0.6 is 0 Å². The highest BCUT2D eigenvalue weighted by atomic mass is 16.2. The van der Waals surface area contributed by atoms with Crippen LogP contribution in [0.25, 0.3) is 0 Å². The van der Waals surface area contributed by atoms with E-state index in [0.29, 0.717) is 24.9 Å². The van der Waals surface area contributed by atoms with Crippen LogP contribution in [0.4, 0.5) is 11.5 Å². The van der Waals surface area contributed by atoms with Crippen molar-refractivity contribution in [2.24, 2.45) is 17.8 Å². The first-order valence-electron chi connectivity index (χ1n) is 11.6. The van der Waals surface area contributed by atoms with E-state index in [4.69, 9.17) is 0 Å². The van der Waals surface area contributed by atoms with Crippen LogP contribution in [0, 0.1) is 17.8 Å². The number of anilines is 2. The molecule has 1 aliphatic carbocycles. The van der Waals surface area contributed by atoms with E-state index in [-0.39, 0.29) is 35.5 Å². The number of aromatic nitrogens is 1. The summed E-state index contributed by atoms with van der Waals surface area (Å²) in [6.45, 7) is 7.81. The maximum Gasteiger partial charge on any atom is 0.247 e. The molecule has 2 fully saturated rings. The van der Waals surface area contributed by atoms with Gasteiger partial charge in [-0.25, -0.2) is 4.98 Å². The van der Waals surface area contributed by atoms with Crippen molar-refractivity contribution < 1.29 is 14.4 Å². The number of hydrogen-bond donors (Lipinski definition) is 1. The van der Waals surface area contributed by atoms with Crippen LogP contribution in [0.1, 0.15) is 33.1 Å². The molecule has 32 heavy (non-hydrogen) atoms. The van der Waals surface area contributed by atoms with Gasteiger partial charge in [0.1, 0.15) is 11.9 Å². The third kappa shape index (κ3) is 4.55. The maximum atomic E-state index is 13.2. The lowest BCUT2D eigenvalue weighted by molar-refractivity contribution is -0.147. The summed E-state index contributed by atoms with van der Waals surface area (Å²) in [6, 6.07) is 2.94. The van der Waals surface area contributed by atoms with Crippen LogP contribution in [0.3, 0.4) is 0 Å². The number of likely N-dealkylation sites (tertiary alicyclic amines) is 1. The molecule has 3 aliphatic rings. The molecular weight excluding hydrogens is 406 g/mol. The monoisotopic (exact) mass is 439 g/mol. The number of allylic oxidation sites excluding steroid dienone is 2. The Labute approximate surface area is 189 Å². The molecule has 0 spiro atoms. The number of carbonyl (C=O) groups is 3. The van der Waals surface area contributed by atoms with Gasteiger partial charge < -0.3 is 15.1 Å². The number of nitrogens with zero attached hydrogens (tertiary/aromatic N) is 4. The van der Waals surface area contributed by atoms with Gasteiger partial charge in [-0.15, -0.1) is 0 Å². The molecule has 8 nitrogen and oxygen atoms in total. The van der Waals surface area contributed by atoms with Crippen molar-refractivity contribution in [2.75, 3.05) is 43.4 Å². The summed E-state index contributed by atoms with van der Waals surface area (Å²) in [6.07, 6.45) is 7.14. The normalized spacial score (nSPS) is 24.8. The van der Waals surface area contributed by atoms with Gasteiger partial charge in [-0.3, -0.25) is 19.3 Å². The Morgan fingerprint density at radius 3 is 2.22 bits per heavy atom. The number of nitrogens with one attached hydrogen (secondary N) is 1. The number of pyridine rings is 1. The average Bonchev–Trinajstić information content (AvgIpc) is 3.03. The van der Waals surface area contributed by atoms with E-state index in [2.05, 4.69) is 27.1 Å². The highest BCUT2D eigenvalue weighted by Crippen LogP contribution is 2.37. The first-order valence-corrected chi connectivity index (χ1v) is 11.6. The quantitative estimate of drug-likeness (QED) is 0.540. The molecule has 0 saturated carbocycles. The van der Waals surface area contributed by atoms with Crippen LogP contribution in [-0.2, 0) is 14.4 Å². The molecular formula is C24H33N5O3. The van der Waals surface area contributed by atoms with Gasteiger partial charge in [0.25, 0.3) is 0 Å². The molecule has 1 N–H and O–H groups in total. The summed E-state index contributed by atoms with van der Waals surface area (Å²) in [5.74, 6) is -0.385. The fourth-order valence-corrected chi connectivity index (χ4v) is 4.82. The van der Waals surface area contributed by atoms with Crippen LogP contribution in [0.2, 0.25) is 0 Å². The Bertz CT molecular complexity index is 863. The van der Waals surface area contributed by atoms with E-state index in [1.165, 1.54) is 4.90 Å². The number of fused-ring (bicyclic) bond motifs is 1. The number of likely N-dealkylation sites (N-methyl/N-ethyl adjacent to an activating group) is 1. The molecule has 3 amide bonds. The van der Waals surface area contributed by atoms with E-state index in [1.807, 2.05) is 38.1 Å². The van der Waals surface area contributed by atoms with Crippen LogP contribution < -0.4 is 10.2 Å². The number of hydrogen-bond acceptors (Lipinski definition) is 6. The third-order valence-corrected chi connectivity index (χ3v) is 6.69. The molecule has 4 rings (SSSR count). The van der Waals surface area contributed by atoms with Crippen molar-refractivity contribution >= 4 is 29.2 Å². The zero-order valence-electron chi connectivity index (χ0n) is 19.2. The van der Waals surface area contributed by atoms with Crippen molar-refractivity contribution in [2.45, 2.75) is 39.2 Å². The van der Waals surface area contributed by atoms with Crippen molar-refractivity contribution in [3.05, 3.63) is 30.5 Å². The minimum absolute atomic E-state index is 0.157. The summed E-state index contributed by atoms with van der Waals surface area (Å²) in [5.41, 5.74) is 0.569. The number of imide groups is 1. The molecule has 0 aromatic carbocycles. The topological polar surface area (TPSA) is 85.8 Å². The number of carbonyl (C=O) groups excluding carboxylic acids is 3. The molecule has 1 aromatic heterocycles. The van der Waals surface area contributed by atoms with Crippen molar-refractivity contribution in [1.82, 2.24) is 14.8 Å². The minimum atomic E-state index is -0.807. The summed E-state index contributed by atoms with van der Waals surface area (Å²) in [7, 11) is 2.11. The zero-order chi connectivity index (χ0) is 22.8. The SMILES string of the molecule is CC(C)CC(C(=O)Nc1ccc(N2CCN(C)CC2)nc1)N1C(=O)C2CC=CCC2C1=O. The Morgan fingerprint density at radius 2 is 1.69 bits per heavy atom. The first-order chi connectivity index (χ1) is 15.3. The fourth-order valence-electron chi connectivity index (χ4n) is 4.82. The average molecular weight is 440 g/mol. The first kappa shape index (κ1) is 22.5. The van der Waals surface area contributed by atoms with Crippen molar-refractivity contribution in [3.63, 3.8) is 0 Å². The van der Waals surface area contributed by atoms with E-state index < -0.39 is 6.04 Å². The molecule has 2 aliphatic heterocycles. The zero-order valence-corrected chi connectivity index (χ0v) is 19.2. The van der Waals surface area contributed by atoms with E-state index in [9.17, 15) is 14.4 Å². The molecule has 8 heteroatoms. The Morgan fingerprint density at radius 1 is 1.06 bits per heavy atom. The third-order valence-electron chi connectivity index (χ3n) is 6.69. The molecule has 0 radical (unpaired) electrons. The lowest BCUT2D eigenvalue weighted by atomic mass is 9.85. The minimum Gasteiger partial charge on any atom is -0.354 e. The maximum absolute atomic E-state index is 13.2. The molecule has 3 atom stereocenters. The van der Waals surface area contributed by atoms with Gasteiger partial charge in [-0.05, 0) is 44.4 Å². The number of amides is 3. The summed E-state index contributed by atoms with van der Waals surface area (Å²) >= 11 is 0. The molecule has 2 saturated heterocycles. The smallest absolute Gasteiger partial charge is 0.247 e. The lowest BCUT2D eigenvalue weighted by Gasteiger charge is -2.33. The molecule has 172 valence electrons. The van der Waals surface area contributed by atoms with Gasteiger partial charge in [0.2, 0.25) is 17.7 Å². The van der Waals surface area contributed by atoms with Gasteiger partial charge in [-0.1, -0.05) is 26.0 Å². The van der Waals surface area contributed by atoms with Crippen molar-refractivity contribution in [3.8, 4) is 0 Å². The Hall–Kier alpha value is -2.74. The second kappa shape index (κ2) is 9.40. The predicted molar refractivity (Wildman–Crippen MR) is 123 cm³/mol. The van der Waals surface area contributed by atoms with Crippen LogP contribution in [0.15, 0.2) is 30.5 Å². The number of piperazine rings is 1. The summed E-state index contributed by atoms with van der Waals surface area (Å²) in [5, 5.41) is 2.89. The standard InChI is InChI=1S/C24H33N5O3/c1-16(2)14-20(29-23(31)18-6-4-5-7-19(18)24(29)32)22(30)26-17-8-9-21(25-15-17)28-12-10-27(3)11-13-28/h4-5,8-9,15-16,18-20H,6-7,10-14H2,1-3H3,(H,26,30). The van der Waals surface area contributed by atoms with Gasteiger partial charge in [0.15, 0.2) is 0 Å². The highest BCUT2D eigenvalue weighted by Gasteiger charge is 2.51. The van der Waals surface area contributed by atoms with E-state index in [1.54, 1.807) is 6.20 Å². The molecule has 3 unspecified atom stereocenters. The largest absolute Gasteiger partial charge is 0.354 e. The second-order valence-corrected chi connectivity index (χ2v) is 9.53. The Kier molecular flexibility index (Phi) is 6.60. The van der Waals surface area contributed by atoms with Gasteiger partial charge in [0, 0.05) is 26.2 Å². The van der Waals surface area contributed by atoms with Crippen LogP contribution in [-0.4, -0.2) is 71.8 Å². The van der Waals surface area contributed by atoms with E-state index >= 15 is 0 Å². The highest BCUT2D eigenvalue weighted by molar-refractivity contribution is 6.10.